The maximum absolute atomic E-state index is 11.4. The molecule has 0 aromatic heterocycles. The Bertz CT molecular complexity index is 117. The number of hydrogen-bond acceptors (Lipinski definition) is 1. The van der Waals surface area contributed by atoms with Gasteiger partial charge in [0.15, 0.2) is 0 Å². The number of alkyl halides is 3. The average Bonchev–Trinajstić information content (AvgIpc) is 1.85. The second-order valence-electron chi connectivity index (χ2n) is 1.87. The monoisotopic (exact) mass is 167 g/mol. The summed E-state index contributed by atoms with van der Waals surface area (Å²) in [5.74, 6) is 0. The highest BCUT2D eigenvalue weighted by atomic mass is 19.4. The molecule has 0 N–H and O–H groups in total. The van der Waals surface area contributed by atoms with Crippen LogP contribution in [0.3, 0.4) is 0 Å². The Kier molecular flexibility index (Phi) is 4.94. The predicted molar refractivity (Wildman–Crippen MR) is 36.0 cm³/mol. The highest BCUT2D eigenvalue weighted by Crippen LogP contribution is 2.15. The van der Waals surface area contributed by atoms with Gasteiger partial charge in [-0.1, -0.05) is 13.0 Å². The van der Waals surface area contributed by atoms with Gasteiger partial charge in [-0.3, -0.25) is 0 Å². The molecule has 65 valence electrons. The second kappa shape index (κ2) is 5.18. The van der Waals surface area contributed by atoms with Crippen molar-refractivity contribution in [3.63, 3.8) is 0 Å². The van der Waals surface area contributed by atoms with Crippen LogP contribution in [-0.4, -0.2) is 19.4 Å². The molecule has 0 bridgehead atoms. The first kappa shape index (κ1) is 10.5. The van der Waals surface area contributed by atoms with E-state index in [1.165, 1.54) is 0 Å². The molecule has 0 heterocycles. The molecule has 1 radical (unpaired) electrons. The van der Waals surface area contributed by atoms with Gasteiger partial charge in [-0.15, -0.1) is 0 Å². The van der Waals surface area contributed by atoms with Gasteiger partial charge in [0.2, 0.25) is 0 Å². The molecule has 0 saturated heterocycles. The lowest BCUT2D eigenvalue weighted by Crippen LogP contribution is -2.02. The van der Waals surface area contributed by atoms with Crippen LogP contribution in [0.1, 0.15) is 6.42 Å². The number of ether oxygens (including phenoxy) is 1. The van der Waals surface area contributed by atoms with Crippen molar-refractivity contribution in [3.05, 3.63) is 19.1 Å². The largest absolute Gasteiger partial charge is 0.409 e. The SMILES string of the molecule is [CH2]CCOCC=CC(F)(F)F. The van der Waals surface area contributed by atoms with Crippen molar-refractivity contribution in [1.29, 1.82) is 0 Å². The fraction of sp³-hybridized carbons (Fsp3) is 0.571. The lowest BCUT2D eigenvalue weighted by molar-refractivity contribution is -0.0803. The second-order valence-corrected chi connectivity index (χ2v) is 1.87. The Labute approximate surface area is 63.8 Å². The van der Waals surface area contributed by atoms with Gasteiger partial charge in [0.1, 0.15) is 0 Å². The van der Waals surface area contributed by atoms with E-state index < -0.39 is 6.18 Å². The zero-order chi connectivity index (χ0) is 8.74. The van der Waals surface area contributed by atoms with E-state index in [1.807, 2.05) is 0 Å². The van der Waals surface area contributed by atoms with Gasteiger partial charge >= 0.3 is 6.18 Å². The highest BCUT2D eigenvalue weighted by Gasteiger charge is 2.21. The van der Waals surface area contributed by atoms with Crippen LogP contribution in [0.25, 0.3) is 0 Å². The molecule has 0 spiro atoms. The molecule has 0 aliphatic heterocycles. The van der Waals surface area contributed by atoms with Crippen LogP contribution in [0.15, 0.2) is 12.2 Å². The summed E-state index contributed by atoms with van der Waals surface area (Å²) in [6, 6.07) is 0. The van der Waals surface area contributed by atoms with Crippen molar-refractivity contribution in [2.45, 2.75) is 12.6 Å². The van der Waals surface area contributed by atoms with Crippen LogP contribution < -0.4 is 0 Å². The van der Waals surface area contributed by atoms with Crippen molar-refractivity contribution in [2.24, 2.45) is 0 Å². The van der Waals surface area contributed by atoms with Crippen molar-refractivity contribution < 1.29 is 17.9 Å². The minimum Gasteiger partial charge on any atom is -0.377 e. The van der Waals surface area contributed by atoms with Gasteiger partial charge in [0.25, 0.3) is 0 Å². The first-order valence-electron chi connectivity index (χ1n) is 3.17. The summed E-state index contributed by atoms with van der Waals surface area (Å²) < 4.78 is 39.0. The van der Waals surface area contributed by atoms with E-state index in [-0.39, 0.29) is 12.7 Å². The molecule has 1 nitrogen and oxygen atoms in total. The summed E-state index contributed by atoms with van der Waals surface area (Å²) in [4.78, 5) is 0. The molecular weight excluding hydrogens is 157 g/mol. The molecule has 0 aliphatic rings. The zero-order valence-electron chi connectivity index (χ0n) is 6.03. The summed E-state index contributed by atoms with van der Waals surface area (Å²) in [6.45, 7) is 3.85. The van der Waals surface area contributed by atoms with E-state index in [2.05, 4.69) is 6.92 Å². The molecule has 0 rings (SSSR count). The van der Waals surface area contributed by atoms with Crippen molar-refractivity contribution in [2.75, 3.05) is 13.2 Å². The Hall–Kier alpha value is -0.510. The van der Waals surface area contributed by atoms with Crippen molar-refractivity contribution in [1.82, 2.24) is 0 Å². The van der Waals surface area contributed by atoms with Gasteiger partial charge in [0, 0.05) is 12.7 Å². The quantitative estimate of drug-likeness (QED) is 0.461. The number of rotatable bonds is 4. The van der Waals surface area contributed by atoms with Gasteiger partial charge in [-0.2, -0.15) is 13.2 Å². The third-order valence-electron chi connectivity index (χ3n) is 0.810. The molecule has 4 heteroatoms. The first-order valence-corrected chi connectivity index (χ1v) is 3.17. The standard InChI is InChI=1S/C7H10F3O/c1-2-5-11-6-3-4-7(8,9)10/h3-4H,1-2,5-6H2. The van der Waals surface area contributed by atoms with Gasteiger partial charge in [-0.25, -0.2) is 0 Å². The minimum absolute atomic E-state index is 0.00493. The van der Waals surface area contributed by atoms with E-state index in [0.29, 0.717) is 13.0 Å². The van der Waals surface area contributed by atoms with Crippen molar-refractivity contribution in [3.8, 4) is 0 Å². The Balaban J connectivity index is 3.30. The Morgan fingerprint density at radius 2 is 2.00 bits per heavy atom. The summed E-state index contributed by atoms with van der Waals surface area (Å²) >= 11 is 0. The third-order valence-corrected chi connectivity index (χ3v) is 0.810. The van der Waals surface area contributed by atoms with Crippen molar-refractivity contribution >= 4 is 0 Å². The van der Waals surface area contributed by atoms with Crippen LogP contribution >= 0.6 is 0 Å². The zero-order valence-corrected chi connectivity index (χ0v) is 6.03. The number of allylic oxidation sites excluding steroid dienone is 1. The molecule has 0 amide bonds. The molecule has 0 fully saturated rings. The summed E-state index contributed by atoms with van der Waals surface area (Å²) in [7, 11) is 0. The fourth-order valence-electron chi connectivity index (χ4n) is 0.435. The van der Waals surface area contributed by atoms with E-state index in [1.54, 1.807) is 0 Å². The molecular formula is C7H10F3O. The highest BCUT2D eigenvalue weighted by molar-refractivity contribution is 4.88. The molecule has 0 atom stereocenters. The average molecular weight is 167 g/mol. The van der Waals surface area contributed by atoms with Crippen LogP contribution in [0, 0.1) is 6.92 Å². The molecule has 0 unspecified atom stereocenters. The van der Waals surface area contributed by atoms with Crippen LogP contribution in [-0.2, 0) is 4.74 Å². The number of halogens is 3. The van der Waals surface area contributed by atoms with Crippen LogP contribution in [0.5, 0.6) is 0 Å². The van der Waals surface area contributed by atoms with E-state index in [0.717, 1.165) is 6.08 Å². The lowest BCUT2D eigenvalue weighted by Gasteiger charge is -1.98. The Morgan fingerprint density at radius 3 is 2.45 bits per heavy atom. The molecule has 11 heavy (non-hydrogen) atoms. The Morgan fingerprint density at radius 1 is 1.36 bits per heavy atom. The molecule has 0 aliphatic carbocycles. The van der Waals surface area contributed by atoms with Gasteiger partial charge in [0.05, 0.1) is 6.61 Å². The topological polar surface area (TPSA) is 9.23 Å². The predicted octanol–water partition coefficient (Wildman–Crippen LogP) is 2.35. The first-order chi connectivity index (χ1) is 5.06. The third kappa shape index (κ3) is 9.49. The maximum Gasteiger partial charge on any atom is 0.409 e. The molecule has 0 aromatic carbocycles. The maximum atomic E-state index is 11.4. The summed E-state index contributed by atoms with van der Waals surface area (Å²) in [5.41, 5.74) is 0. The smallest absolute Gasteiger partial charge is 0.377 e. The summed E-state index contributed by atoms with van der Waals surface area (Å²) in [6.07, 6.45) is -2.56. The molecule has 0 aromatic rings. The number of hydrogen-bond donors (Lipinski definition) is 0. The minimum atomic E-state index is -4.23. The van der Waals surface area contributed by atoms with Crippen LogP contribution in [0.4, 0.5) is 13.2 Å². The molecule has 0 saturated carbocycles. The van der Waals surface area contributed by atoms with E-state index >= 15 is 0 Å². The van der Waals surface area contributed by atoms with E-state index in [9.17, 15) is 13.2 Å². The van der Waals surface area contributed by atoms with Crippen LogP contribution in [0.2, 0.25) is 0 Å². The fourth-order valence-corrected chi connectivity index (χ4v) is 0.435. The van der Waals surface area contributed by atoms with Gasteiger partial charge < -0.3 is 4.74 Å². The summed E-state index contributed by atoms with van der Waals surface area (Å²) in [5, 5.41) is 0. The lowest BCUT2D eigenvalue weighted by atomic mass is 10.5. The van der Waals surface area contributed by atoms with E-state index in [4.69, 9.17) is 4.74 Å². The van der Waals surface area contributed by atoms with Gasteiger partial charge in [-0.05, 0) is 6.42 Å². The normalized spacial score (nSPS) is 12.7.